The molecule has 1 aliphatic rings. The van der Waals surface area contributed by atoms with Gasteiger partial charge in [0.05, 0.1) is 0 Å². The van der Waals surface area contributed by atoms with Crippen LogP contribution in [0.3, 0.4) is 0 Å². The Bertz CT molecular complexity index is 472. The van der Waals surface area contributed by atoms with Crippen molar-refractivity contribution < 1.29 is 14.7 Å². The van der Waals surface area contributed by atoms with Gasteiger partial charge in [0, 0.05) is 25.5 Å². The van der Waals surface area contributed by atoms with E-state index < -0.39 is 12.0 Å². The number of carboxylic acid groups (broad SMARTS) is 1. The molecule has 2 heterocycles. The van der Waals surface area contributed by atoms with E-state index in [1.807, 2.05) is 5.38 Å². The summed E-state index contributed by atoms with van der Waals surface area (Å²) in [6.07, 6.45) is 0.706. The number of thiophene rings is 1. The summed E-state index contributed by atoms with van der Waals surface area (Å²) in [4.78, 5) is 25.8. The Morgan fingerprint density at radius 3 is 2.89 bits per heavy atom. The van der Waals surface area contributed by atoms with E-state index in [9.17, 15) is 14.7 Å². The van der Waals surface area contributed by atoms with Crippen LogP contribution in [-0.2, 0) is 11.2 Å². The minimum absolute atomic E-state index is 0.385. The number of carbonyl (C=O) groups excluding carboxylic acids is 1. The second-order valence-corrected chi connectivity index (χ2v) is 5.30. The first kappa shape index (κ1) is 12.8. The Labute approximate surface area is 109 Å². The second-order valence-electron chi connectivity index (χ2n) is 4.29. The number of amides is 2. The Morgan fingerprint density at radius 2 is 2.28 bits per heavy atom. The minimum Gasteiger partial charge on any atom is -0.479 e. The highest BCUT2D eigenvalue weighted by Gasteiger charge is 2.36. The monoisotopic (exact) mass is 269 g/mol. The van der Waals surface area contributed by atoms with Crippen molar-refractivity contribution in [2.24, 2.45) is 0 Å². The van der Waals surface area contributed by atoms with Crippen molar-refractivity contribution in [3.8, 4) is 0 Å². The van der Waals surface area contributed by atoms with Crippen LogP contribution in [0.25, 0.3) is 0 Å². The minimum atomic E-state index is -0.997. The molecule has 2 N–H and O–H groups in total. The molecule has 2 rings (SSSR count). The van der Waals surface area contributed by atoms with Crippen LogP contribution >= 0.6 is 11.3 Å². The van der Waals surface area contributed by atoms with Crippen LogP contribution in [0.4, 0.5) is 4.79 Å². The lowest BCUT2D eigenvalue weighted by molar-refractivity contribution is -0.142. The van der Waals surface area contributed by atoms with Gasteiger partial charge in [-0.05, 0) is 23.4 Å². The van der Waals surface area contributed by atoms with E-state index in [0.29, 0.717) is 13.0 Å². The van der Waals surface area contributed by atoms with Gasteiger partial charge in [0.15, 0.2) is 6.04 Å². The molecule has 18 heavy (non-hydrogen) atoms. The zero-order valence-electron chi connectivity index (χ0n) is 10.2. The van der Waals surface area contributed by atoms with Crippen LogP contribution in [0.1, 0.15) is 16.5 Å². The Morgan fingerprint density at radius 1 is 1.56 bits per heavy atom. The van der Waals surface area contributed by atoms with Crippen LogP contribution in [0.15, 0.2) is 11.4 Å². The van der Waals surface area contributed by atoms with E-state index in [2.05, 4.69) is 5.43 Å². The summed E-state index contributed by atoms with van der Waals surface area (Å²) in [5, 5.41) is 12.7. The normalized spacial score (nSPS) is 18.6. The molecule has 0 aliphatic carbocycles. The Kier molecular flexibility index (Phi) is 3.53. The molecule has 0 spiro atoms. The molecule has 1 atom stereocenters. The van der Waals surface area contributed by atoms with Gasteiger partial charge >= 0.3 is 12.0 Å². The smallest absolute Gasteiger partial charge is 0.332 e. The first-order chi connectivity index (χ1) is 8.50. The van der Waals surface area contributed by atoms with Crippen molar-refractivity contribution in [3.63, 3.8) is 0 Å². The quantitative estimate of drug-likeness (QED) is 0.783. The third kappa shape index (κ3) is 2.32. The van der Waals surface area contributed by atoms with Gasteiger partial charge in [0.1, 0.15) is 0 Å². The molecular weight excluding hydrogens is 254 g/mol. The van der Waals surface area contributed by atoms with Gasteiger partial charge in [0.25, 0.3) is 0 Å². The van der Waals surface area contributed by atoms with Crippen molar-refractivity contribution in [2.45, 2.75) is 12.5 Å². The predicted octanol–water partition coefficient (Wildman–Crippen LogP) is 0.918. The number of nitrogens with zero attached hydrogens (tertiary/aromatic N) is 2. The first-order valence-electron chi connectivity index (χ1n) is 5.54. The maximum atomic E-state index is 12.0. The molecule has 1 aromatic rings. The molecule has 1 unspecified atom stereocenters. The maximum absolute atomic E-state index is 12.0. The van der Waals surface area contributed by atoms with Gasteiger partial charge in [-0.2, -0.15) is 0 Å². The number of urea groups is 1. The lowest BCUT2D eigenvalue weighted by Gasteiger charge is -2.33. The van der Waals surface area contributed by atoms with Gasteiger partial charge in [0.2, 0.25) is 0 Å². The van der Waals surface area contributed by atoms with Crippen molar-refractivity contribution in [2.75, 3.05) is 20.6 Å². The number of nitrogens with one attached hydrogen (secondary N) is 1. The fraction of sp³-hybridized carbons (Fsp3) is 0.455. The Hall–Kier alpha value is -1.60. The van der Waals surface area contributed by atoms with Crippen molar-refractivity contribution in [3.05, 3.63) is 21.9 Å². The van der Waals surface area contributed by atoms with E-state index in [1.54, 1.807) is 31.5 Å². The topological polar surface area (TPSA) is 72.9 Å². The van der Waals surface area contributed by atoms with Gasteiger partial charge in [-0.3, -0.25) is 5.43 Å². The molecule has 0 aromatic carbocycles. The van der Waals surface area contributed by atoms with Crippen molar-refractivity contribution in [1.82, 2.24) is 15.3 Å². The molecule has 0 saturated carbocycles. The van der Waals surface area contributed by atoms with E-state index in [0.717, 1.165) is 10.4 Å². The SMILES string of the molecule is CN(C)NC(=O)N1CCc2sccc2C1C(=O)O. The maximum Gasteiger partial charge on any atom is 0.332 e. The molecule has 2 amide bonds. The van der Waals surface area contributed by atoms with Gasteiger partial charge in [-0.1, -0.05) is 0 Å². The Balaban J connectivity index is 2.27. The predicted molar refractivity (Wildman–Crippen MR) is 67.3 cm³/mol. The summed E-state index contributed by atoms with van der Waals surface area (Å²) >= 11 is 1.54. The number of carbonyl (C=O) groups is 2. The molecular formula is C11H15N3O3S. The number of hydrogen-bond acceptors (Lipinski definition) is 4. The molecule has 1 aromatic heterocycles. The number of rotatable bonds is 2. The number of carboxylic acids is 1. The summed E-state index contributed by atoms with van der Waals surface area (Å²) in [5.74, 6) is -0.997. The molecule has 7 heteroatoms. The number of hydrazine groups is 1. The molecule has 6 nitrogen and oxygen atoms in total. The third-order valence-electron chi connectivity index (χ3n) is 2.78. The highest BCUT2D eigenvalue weighted by atomic mass is 32.1. The van der Waals surface area contributed by atoms with Crippen molar-refractivity contribution in [1.29, 1.82) is 0 Å². The average molecular weight is 269 g/mol. The number of hydrogen-bond donors (Lipinski definition) is 2. The number of aliphatic carboxylic acids is 1. The van der Waals surface area contributed by atoms with E-state index in [-0.39, 0.29) is 6.03 Å². The van der Waals surface area contributed by atoms with E-state index >= 15 is 0 Å². The standard InChI is InChI=1S/C11H15N3O3S/c1-13(2)12-11(17)14-5-3-8-7(4-6-18-8)9(14)10(15)16/h4,6,9H,3,5H2,1-2H3,(H,12,17)(H,15,16). The largest absolute Gasteiger partial charge is 0.479 e. The highest BCUT2D eigenvalue weighted by molar-refractivity contribution is 7.10. The summed E-state index contributed by atoms with van der Waals surface area (Å²) < 4.78 is 0. The van der Waals surface area contributed by atoms with Gasteiger partial charge < -0.3 is 10.0 Å². The van der Waals surface area contributed by atoms with Crippen LogP contribution in [0.5, 0.6) is 0 Å². The van der Waals surface area contributed by atoms with Gasteiger partial charge in [-0.15, -0.1) is 11.3 Å². The summed E-state index contributed by atoms with van der Waals surface area (Å²) in [6.45, 7) is 0.421. The van der Waals surface area contributed by atoms with Crippen molar-refractivity contribution >= 4 is 23.3 Å². The van der Waals surface area contributed by atoms with Crippen LogP contribution in [0.2, 0.25) is 0 Å². The molecule has 0 saturated heterocycles. The van der Waals surface area contributed by atoms with Gasteiger partial charge in [-0.25, -0.2) is 14.6 Å². The van der Waals surface area contributed by atoms with E-state index in [1.165, 1.54) is 9.91 Å². The fourth-order valence-electron chi connectivity index (χ4n) is 2.06. The second kappa shape index (κ2) is 4.95. The molecule has 98 valence electrons. The highest BCUT2D eigenvalue weighted by Crippen LogP contribution is 2.33. The first-order valence-corrected chi connectivity index (χ1v) is 6.42. The lowest BCUT2D eigenvalue weighted by atomic mass is 10.0. The summed E-state index contributed by atoms with van der Waals surface area (Å²) in [5.41, 5.74) is 3.31. The zero-order valence-corrected chi connectivity index (χ0v) is 11.0. The third-order valence-corrected chi connectivity index (χ3v) is 3.78. The molecule has 1 aliphatic heterocycles. The van der Waals surface area contributed by atoms with Crippen LogP contribution in [-0.4, -0.2) is 47.7 Å². The zero-order chi connectivity index (χ0) is 13.3. The fourth-order valence-corrected chi connectivity index (χ4v) is 2.96. The van der Waals surface area contributed by atoms with E-state index in [4.69, 9.17) is 0 Å². The summed E-state index contributed by atoms with van der Waals surface area (Å²) in [7, 11) is 3.38. The van der Waals surface area contributed by atoms with Crippen LogP contribution in [0, 0.1) is 0 Å². The molecule has 0 fully saturated rings. The van der Waals surface area contributed by atoms with Crippen LogP contribution < -0.4 is 5.43 Å². The number of fused-ring (bicyclic) bond motifs is 1. The average Bonchev–Trinajstić information content (AvgIpc) is 2.73. The molecule has 0 bridgehead atoms. The summed E-state index contributed by atoms with van der Waals surface area (Å²) in [6, 6.07) is 0.512. The molecule has 0 radical (unpaired) electrons. The lowest BCUT2D eigenvalue weighted by Crippen LogP contribution is -2.51.